The van der Waals surface area contributed by atoms with Crippen LogP contribution < -0.4 is 10.6 Å². The van der Waals surface area contributed by atoms with Gasteiger partial charge in [-0.2, -0.15) is 0 Å². The Morgan fingerprint density at radius 3 is 2.41 bits per heavy atom. The van der Waals surface area contributed by atoms with Crippen molar-refractivity contribution in [2.45, 2.75) is 33.3 Å². The number of aromatic nitrogens is 2. The van der Waals surface area contributed by atoms with Gasteiger partial charge in [-0.3, -0.25) is 0 Å². The van der Waals surface area contributed by atoms with Crippen molar-refractivity contribution in [2.75, 3.05) is 10.6 Å². The highest BCUT2D eigenvalue weighted by Crippen LogP contribution is 2.29. The Morgan fingerprint density at radius 1 is 1.23 bits per heavy atom. The van der Waals surface area contributed by atoms with E-state index in [0.717, 1.165) is 5.56 Å². The molecule has 0 radical (unpaired) electrons. The molecule has 2 N–H and O–H groups in total. The molecular formula is C16H20N4O2. The number of anilines is 3. The summed E-state index contributed by atoms with van der Waals surface area (Å²) in [4.78, 5) is 22.2. The zero-order chi connectivity index (χ0) is 16.3. The second-order valence-corrected chi connectivity index (χ2v) is 5.91. The Balaban J connectivity index is 2.48. The highest BCUT2D eigenvalue weighted by atomic mass is 16.6. The number of hydrogen-bond donors (Lipinski definition) is 1. The van der Waals surface area contributed by atoms with Crippen LogP contribution >= 0.6 is 0 Å². The first-order valence-corrected chi connectivity index (χ1v) is 6.94. The summed E-state index contributed by atoms with van der Waals surface area (Å²) in [5.41, 5.74) is 7.25. The lowest BCUT2D eigenvalue weighted by Crippen LogP contribution is -2.35. The third-order valence-electron chi connectivity index (χ3n) is 2.79. The SMILES string of the molecule is Cc1cc(N)ccc1N(C(=O)OC(C)(C)C)c1ncccn1. The minimum Gasteiger partial charge on any atom is -0.443 e. The van der Waals surface area contributed by atoms with Gasteiger partial charge in [0, 0.05) is 18.1 Å². The van der Waals surface area contributed by atoms with E-state index in [1.165, 1.54) is 4.90 Å². The predicted molar refractivity (Wildman–Crippen MR) is 86.0 cm³/mol. The standard InChI is InChI=1S/C16H20N4O2/c1-11-10-12(17)6-7-13(11)20(14-18-8-5-9-19-14)15(21)22-16(2,3)4/h5-10H,17H2,1-4H3. The molecule has 0 fully saturated rings. The Kier molecular flexibility index (Phi) is 4.30. The van der Waals surface area contributed by atoms with E-state index in [4.69, 9.17) is 10.5 Å². The normalized spacial score (nSPS) is 11.1. The Morgan fingerprint density at radius 2 is 1.86 bits per heavy atom. The molecule has 0 aliphatic carbocycles. The summed E-state index contributed by atoms with van der Waals surface area (Å²) in [7, 11) is 0. The maximum absolute atomic E-state index is 12.6. The summed E-state index contributed by atoms with van der Waals surface area (Å²) < 4.78 is 5.47. The van der Waals surface area contributed by atoms with Gasteiger partial charge in [-0.15, -0.1) is 0 Å². The molecule has 116 valence electrons. The molecule has 0 saturated carbocycles. The molecule has 0 aliphatic heterocycles. The first-order valence-electron chi connectivity index (χ1n) is 6.94. The molecule has 0 bridgehead atoms. The van der Waals surface area contributed by atoms with Gasteiger partial charge in [0.25, 0.3) is 0 Å². The fraction of sp³-hybridized carbons (Fsp3) is 0.312. The van der Waals surface area contributed by atoms with Crippen molar-refractivity contribution < 1.29 is 9.53 Å². The van der Waals surface area contributed by atoms with Crippen LogP contribution in [0.1, 0.15) is 26.3 Å². The van der Waals surface area contributed by atoms with E-state index in [1.807, 2.05) is 27.7 Å². The fourth-order valence-electron chi connectivity index (χ4n) is 1.93. The van der Waals surface area contributed by atoms with Gasteiger partial charge in [-0.1, -0.05) is 0 Å². The maximum atomic E-state index is 12.6. The molecule has 0 aliphatic rings. The molecule has 0 saturated heterocycles. The molecule has 0 spiro atoms. The molecule has 6 nitrogen and oxygen atoms in total. The monoisotopic (exact) mass is 300 g/mol. The lowest BCUT2D eigenvalue weighted by molar-refractivity contribution is 0.0597. The van der Waals surface area contributed by atoms with Crippen LogP contribution in [0.25, 0.3) is 0 Å². The van der Waals surface area contributed by atoms with Crippen molar-refractivity contribution in [2.24, 2.45) is 0 Å². The number of nitrogen functional groups attached to an aromatic ring is 1. The third kappa shape index (κ3) is 3.72. The third-order valence-corrected chi connectivity index (χ3v) is 2.79. The van der Waals surface area contributed by atoms with Crippen molar-refractivity contribution in [3.63, 3.8) is 0 Å². The average molecular weight is 300 g/mol. The number of benzene rings is 1. The Hall–Kier alpha value is -2.63. The smallest absolute Gasteiger partial charge is 0.421 e. The summed E-state index contributed by atoms with van der Waals surface area (Å²) in [6.07, 6.45) is 2.62. The summed E-state index contributed by atoms with van der Waals surface area (Å²) in [6, 6.07) is 6.95. The van der Waals surface area contributed by atoms with Crippen LogP contribution in [-0.2, 0) is 4.74 Å². The first-order chi connectivity index (χ1) is 10.3. The molecule has 2 rings (SSSR count). The van der Waals surface area contributed by atoms with E-state index >= 15 is 0 Å². The van der Waals surface area contributed by atoms with E-state index in [-0.39, 0.29) is 5.95 Å². The largest absolute Gasteiger partial charge is 0.443 e. The number of carbonyl (C=O) groups is 1. The minimum absolute atomic E-state index is 0.254. The van der Waals surface area contributed by atoms with E-state index < -0.39 is 11.7 Å². The van der Waals surface area contributed by atoms with Gasteiger partial charge in [-0.25, -0.2) is 19.7 Å². The van der Waals surface area contributed by atoms with Crippen molar-refractivity contribution in [1.29, 1.82) is 0 Å². The molecule has 6 heteroatoms. The molecule has 1 aromatic carbocycles. The quantitative estimate of drug-likeness (QED) is 0.859. The first kappa shape index (κ1) is 15.8. The zero-order valence-corrected chi connectivity index (χ0v) is 13.2. The number of nitrogens with zero attached hydrogens (tertiary/aromatic N) is 3. The second-order valence-electron chi connectivity index (χ2n) is 5.91. The molecule has 22 heavy (non-hydrogen) atoms. The van der Waals surface area contributed by atoms with Crippen LogP contribution in [0.2, 0.25) is 0 Å². The van der Waals surface area contributed by atoms with Crippen molar-refractivity contribution in [3.05, 3.63) is 42.2 Å². The van der Waals surface area contributed by atoms with Gasteiger partial charge in [0.1, 0.15) is 5.60 Å². The number of rotatable bonds is 2. The van der Waals surface area contributed by atoms with Gasteiger partial charge in [-0.05, 0) is 57.5 Å². The Bertz CT molecular complexity index is 666. The fourth-order valence-corrected chi connectivity index (χ4v) is 1.93. The zero-order valence-electron chi connectivity index (χ0n) is 13.2. The Labute approximate surface area is 129 Å². The van der Waals surface area contributed by atoms with Crippen molar-refractivity contribution in [3.8, 4) is 0 Å². The van der Waals surface area contributed by atoms with Crippen molar-refractivity contribution in [1.82, 2.24) is 9.97 Å². The predicted octanol–water partition coefficient (Wildman–Crippen LogP) is 3.44. The lowest BCUT2D eigenvalue weighted by atomic mass is 10.1. The molecule has 2 aromatic rings. The van der Waals surface area contributed by atoms with Crippen LogP contribution in [0.3, 0.4) is 0 Å². The molecule has 0 unspecified atom stereocenters. The van der Waals surface area contributed by atoms with Gasteiger partial charge in [0.15, 0.2) is 0 Å². The molecule has 1 heterocycles. The summed E-state index contributed by atoms with van der Waals surface area (Å²) >= 11 is 0. The topological polar surface area (TPSA) is 81.3 Å². The number of amides is 1. The van der Waals surface area contributed by atoms with E-state index in [2.05, 4.69) is 9.97 Å². The lowest BCUT2D eigenvalue weighted by Gasteiger charge is -2.27. The number of ether oxygens (including phenoxy) is 1. The number of hydrogen-bond acceptors (Lipinski definition) is 5. The highest BCUT2D eigenvalue weighted by molar-refractivity contribution is 5.95. The van der Waals surface area contributed by atoms with E-state index in [9.17, 15) is 4.79 Å². The number of carbonyl (C=O) groups excluding carboxylic acids is 1. The van der Waals surface area contributed by atoms with Crippen LogP contribution in [0.15, 0.2) is 36.7 Å². The minimum atomic E-state index is -0.619. The van der Waals surface area contributed by atoms with Gasteiger partial charge >= 0.3 is 6.09 Å². The van der Waals surface area contributed by atoms with Crippen molar-refractivity contribution >= 4 is 23.4 Å². The summed E-state index contributed by atoms with van der Waals surface area (Å²) in [5.74, 6) is 0.254. The molecular weight excluding hydrogens is 280 g/mol. The van der Waals surface area contributed by atoms with Crippen LogP contribution in [0, 0.1) is 6.92 Å². The van der Waals surface area contributed by atoms with Crippen LogP contribution in [0.5, 0.6) is 0 Å². The maximum Gasteiger partial charge on any atom is 0.421 e. The summed E-state index contributed by atoms with van der Waals surface area (Å²) in [5, 5.41) is 0. The molecule has 1 amide bonds. The number of aryl methyl sites for hydroxylation is 1. The highest BCUT2D eigenvalue weighted by Gasteiger charge is 2.27. The summed E-state index contributed by atoms with van der Waals surface area (Å²) in [6.45, 7) is 7.30. The number of nitrogens with two attached hydrogens (primary N) is 1. The van der Waals surface area contributed by atoms with E-state index in [0.29, 0.717) is 11.4 Å². The van der Waals surface area contributed by atoms with Gasteiger partial charge in [0.2, 0.25) is 5.95 Å². The second kappa shape index (κ2) is 6.01. The van der Waals surface area contributed by atoms with Crippen LogP contribution in [-0.4, -0.2) is 21.7 Å². The van der Waals surface area contributed by atoms with Gasteiger partial charge < -0.3 is 10.5 Å². The molecule has 1 aromatic heterocycles. The molecule has 0 atom stereocenters. The van der Waals surface area contributed by atoms with E-state index in [1.54, 1.807) is 36.7 Å². The van der Waals surface area contributed by atoms with Gasteiger partial charge in [0.05, 0.1) is 5.69 Å². The average Bonchev–Trinajstić information content (AvgIpc) is 2.41. The van der Waals surface area contributed by atoms with Crippen LogP contribution in [0.4, 0.5) is 22.1 Å².